The molecule has 8 nitrogen and oxygen atoms in total. The summed E-state index contributed by atoms with van der Waals surface area (Å²) >= 11 is 0. The zero-order valence-corrected chi connectivity index (χ0v) is 21.2. The number of rotatable bonds is 8. The number of halogens is 1. The second-order valence-electron chi connectivity index (χ2n) is 8.53. The molecule has 1 saturated heterocycles. The van der Waals surface area contributed by atoms with Crippen LogP contribution in [0.3, 0.4) is 0 Å². The van der Waals surface area contributed by atoms with Crippen molar-refractivity contribution in [1.29, 1.82) is 0 Å². The van der Waals surface area contributed by atoms with Gasteiger partial charge in [0.1, 0.15) is 5.82 Å². The van der Waals surface area contributed by atoms with E-state index >= 15 is 0 Å². The van der Waals surface area contributed by atoms with Gasteiger partial charge in [-0.1, -0.05) is 12.1 Å². The first-order valence-electron chi connectivity index (χ1n) is 11.3. The highest BCUT2D eigenvalue weighted by atomic mass is 32.2. The Bertz CT molecular complexity index is 1440. The number of anilines is 2. The van der Waals surface area contributed by atoms with E-state index in [1.54, 1.807) is 0 Å². The van der Waals surface area contributed by atoms with Gasteiger partial charge >= 0.3 is 0 Å². The van der Waals surface area contributed by atoms with Gasteiger partial charge in [-0.3, -0.25) is 9.10 Å². The Morgan fingerprint density at radius 2 is 1.47 bits per heavy atom. The summed E-state index contributed by atoms with van der Waals surface area (Å²) in [6.07, 6.45) is 2.77. The molecule has 0 bridgehead atoms. The van der Waals surface area contributed by atoms with E-state index in [1.807, 2.05) is 0 Å². The minimum Gasteiger partial charge on any atom is -0.322 e. The summed E-state index contributed by atoms with van der Waals surface area (Å²) in [6, 6.07) is 17.6. The van der Waals surface area contributed by atoms with Crippen molar-refractivity contribution in [3.63, 3.8) is 0 Å². The van der Waals surface area contributed by atoms with Gasteiger partial charge in [0.25, 0.3) is 5.91 Å². The number of sulfonamides is 2. The summed E-state index contributed by atoms with van der Waals surface area (Å²) < 4.78 is 65.9. The largest absolute Gasteiger partial charge is 0.322 e. The fraction of sp³-hybridized carbons (Fsp3) is 0.240. The number of carbonyl (C=O) groups excluding carboxylic acids is 1. The third-order valence-electron chi connectivity index (χ3n) is 5.87. The molecule has 0 unspecified atom stereocenters. The van der Waals surface area contributed by atoms with Crippen LogP contribution in [0.15, 0.2) is 77.7 Å². The van der Waals surface area contributed by atoms with E-state index in [9.17, 15) is 26.0 Å². The van der Waals surface area contributed by atoms with Crippen LogP contribution in [0.25, 0.3) is 0 Å². The van der Waals surface area contributed by atoms with Gasteiger partial charge in [0, 0.05) is 24.3 Å². The average molecular weight is 532 g/mol. The Labute approximate surface area is 210 Å². The molecule has 0 atom stereocenters. The fourth-order valence-corrected chi connectivity index (χ4v) is 6.33. The third kappa shape index (κ3) is 5.92. The van der Waals surface area contributed by atoms with E-state index in [1.165, 1.54) is 81.4 Å². The molecule has 1 fully saturated rings. The van der Waals surface area contributed by atoms with E-state index < -0.39 is 31.8 Å². The normalized spacial score (nSPS) is 14.5. The first-order valence-corrected chi connectivity index (χ1v) is 14.6. The molecule has 3 aromatic carbocycles. The van der Waals surface area contributed by atoms with Crippen LogP contribution < -0.4 is 9.62 Å². The van der Waals surface area contributed by atoms with Gasteiger partial charge in [-0.15, -0.1) is 0 Å². The monoisotopic (exact) mass is 531 g/mol. The molecule has 0 saturated carbocycles. The van der Waals surface area contributed by atoms with E-state index in [4.69, 9.17) is 0 Å². The van der Waals surface area contributed by atoms with Gasteiger partial charge in [-0.05, 0) is 79.1 Å². The highest BCUT2D eigenvalue weighted by molar-refractivity contribution is 7.92. The van der Waals surface area contributed by atoms with Crippen molar-refractivity contribution < 1.29 is 26.0 Å². The minimum atomic E-state index is -3.64. The van der Waals surface area contributed by atoms with E-state index in [0.29, 0.717) is 35.6 Å². The molecule has 0 aliphatic carbocycles. The lowest BCUT2D eigenvalue weighted by Gasteiger charge is -2.22. The average Bonchev–Trinajstić information content (AvgIpc) is 3.40. The van der Waals surface area contributed by atoms with Gasteiger partial charge in [-0.2, -0.15) is 4.31 Å². The van der Waals surface area contributed by atoms with Crippen LogP contribution in [0.1, 0.15) is 28.8 Å². The second kappa shape index (κ2) is 10.4. The van der Waals surface area contributed by atoms with Crippen molar-refractivity contribution in [2.75, 3.05) is 29.0 Å². The van der Waals surface area contributed by atoms with Gasteiger partial charge in [0.15, 0.2) is 0 Å². The molecule has 190 valence electrons. The summed E-state index contributed by atoms with van der Waals surface area (Å²) in [5.74, 6) is -0.844. The zero-order valence-electron chi connectivity index (χ0n) is 19.6. The van der Waals surface area contributed by atoms with Gasteiger partial charge in [0.2, 0.25) is 20.0 Å². The molecule has 1 aliphatic heterocycles. The molecule has 11 heteroatoms. The number of nitrogens with one attached hydrogen (secondary N) is 1. The van der Waals surface area contributed by atoms with E-state index in [0.717, 1.165) is 19.1 Å². The van der Waals surface area contributed by atoms with Crippen LogP contribution in [-0.2, 0) is 26.6 Å². The molecule has 36 heavy (non-hydrogen) atoms. The second-order valence-corrected chi connectivity index (χ2v) is 12.4. The third-order valence-corrected chi connectivity index (χ3v) is 8.93. The summed E-state index contributed by atoms with van der Waals surface area (Å²) in [4.78, 5) is 12.9. The van der Waals surface area contributed by atoms with Crippen molar-refractivity contribution in [2.45, 2.75) is 24.3 Å². The lowest BCUT2D eigenvalue weighted by atomic mass is 10.1. The topological polar surface area (TPSA) is 104 Å². The Morgan fingerprint density at radius 1 is 0.889 bits per heavy atom. The highest BCUT2D eigenvalue weighted by Gasteiger charge is 2.27. The van der Waals surface area contributed by atoms with Gasteiger partial charge < -0.3 is 5.32 Å². The first-order chi connectivity index (χ1) is 17.0. The Kier molecular flexibility index (Phi) is 7.43. The maximum absolute atomic E-state index is 13.2. The summed E-state index contributed by atoms with van der Waals surface area (Å²) in [6.45, 7) is 1.03. The number of nitrogens with zero attached hydrogens (tertiary/aromatic N) is 2. The molecule has 1 aliphatic rings. The fourth-order valence-electron chi connectivity index (χ4n) is 3.93. The quantitative estimate of drug-likeness (QED) is 0.476. The van der Waals surface area contributed by atoms with Crippen LogP contribution >= 0.6 is 0 Å². The van der Waals surface area contributed by atoms with Crippen molar-refractivity contribution in [3.8, 4) is 0 Å². The Morgan fingerprint density at radius 3 is 2.03 bits per heavy atom. The molecule has 0 radical (unpaired) electrons. The van der Waals surface area contributed by atoms with E-state index in [-0.39, 0.29) is 11.4 Å². The predicted octanol–water partition coefficient (Wildman–Crippen LogP) is 3.83. The van der Waals surface area contributed by atoms with Crippen LogP contribution in [0.5, 0.6) is 0 Å². The van der Waals surface area contributed by atoms with Crippen molar-refractivity contribution in [1.82, 2.24) is 4.31 Å². The standard InChI is InChI=1S/C25H26FN3O5S2/c1-35(31,32)29(18-19-4-8-21(26)9-5-19)23-12-6-20(7-13-23)25(30)27-22-10-14-24(15-11-22)36(33,34)28-16-2-3-17-28/h4-15H,2-3,16-18H2,1H3,(H,27,30). The number of benzene rings is 3. The Hall–Kier alpha value is -3.28. The molecule has 1 amide bonds. The molecule has 1 N–H and O–H groups in total. The van der Waals surface area contributed by atoms with Crippen LogP contribution in [0.2, 0.25) is 0 Å². The highest BCUT2D eigenvalue weighted by Crippen LogP contribution is 2.24. The number of carbonyl (C=O) groups is 1. The molecular weight excluding hydrogens is 505 g/mol. The maximum atomic E-state index is 13.2. The Balaban J connectivity index is 1.46. The van der Waals surface area contributed by atoms with Crippen LogP contribution in [0.4, 0.5) is 15.8 Å². The van der Waals surface area contributed by atoms with Gasteiger partial charge in [0.05, 0.1) is 23.4 Å². The first kappa shape index (κ1) is 25.8. The van der Waals surface area contributed by atoms with Crippen molar-refractivity contribution in [3.05, 3.63) is 89.7 Å². The van der Waals surface area contributed by atoms with E-state index in [2.05, 4.69) is 5.32 Å². The number of amides is 1. The summed E-state index contributed by atoms with van der Waals surface area (Å²) in [5.41, 5.74) is 1.69. The minimum absolute atomic E-state index is 0.0113. The molecule has 1 heterocycles. The zero-order chi connectivity index (χ0) is 25.9. The maximum Gasteiger partial charge on any atom is 0.255 e. The van der Waals surface area contributed by atoms with Crippen LogP contribution in [0, 0.1) is 5.82 Å². The molecule has 3 aromatic rings. The molecule has 0 aromatic heterocycles. The summed E-state index contributed by atoms with van der Waals surface area (Å²) in [7, 11) is -7.18. The summed E-state index contributed by atoms with van der Waals surface area (Å²) in [5, 5.41) is 2.72. The predicted molar refractivity (Wildman–Crippen MR) is 136 cm³/mol. The SMILES string of the molecule is CS(=O)(=O)N(Cc1ccc(F)cc1)c1ccc(C(=O)Nc2ccc(S(=O)(=O)N3CCCC3)cc2)cc1. The van der Waals surface area contributed by atoms with Crippen LogP contribution in [-0.4, -0.2) is 46.4 Å². The van der Waals surface area contributed by atoms with Crippen molar-refractivity contribution >= 4 is 37.3 Å². The lowest BCUT2D eigenvalue weighted by Crippen LogP contribution is -2.29. The smallest absolute Gasteiger partial charge is 0.255 e. The number of hydrogen-bond donors (Lipinski definition) is 1. The van der Waals surface area contributed by atoms with Crippen molar-refractivity contribution in [2.24, 2.45) is 0 Å². The molecule has 4 rings (SSSR count). The molecule has 0 spiro atoms. The molecular formula is C25H26FN3O5S2. The van der Waals surface area contributed by atoms with Gasteiger partial charge in [-0.25, -0.2) is 21.2 Å². The number of hydrogen-bond acceptors (Lipinski definition) is 5. The lowest BCUT2D eigenvalue weighted by molar-refractivity contribution is 0.102.